The van der Waals surface area contributed by atoms with Crippen LogP contribution >= 0.6 is 11.3 Å². The van der Waals surface area contributed by atoms with Crippen molar-refractivity contribution in [3.05, 3.63) is 52.6 Å². The van der Waals surface area contributed by atoms with Gasteiger partial charge in [-0.1, -0.05) is 6.07 Å². The molecule has 96 valence electrons. The first-order chi connectivity index (χ1) is 9.25. The summed E-state index contributed by atoms with van der Waals surface area (Å²) in [5.74, 6) is 0.0122. The number of carbonyl (C=O) groups excluding carboxylic acids is 1. The fraction of sp³-hybridized carbons (Fsp3) is 0.143. The van der Waals surface area contributed by atoms with Crippen LogP contribution in [0.2, 0.25) is 0 Å². The van der Waals surface area contributed by atoms with Crippen LogP contribution in [0.25, 0.3) is 10.9 Å². The van der Waals surface area contributed by atoms with Gasteiger partial charge in [0, 0.05) is 35.1 Å². The fourth-order valence-corrected chi connectivity index (χ4v) is 2.66. The monoisotopic (exact) mass is 271 g/mol. The number of nitrogens with zero attached hydrogens (tertiary/aromatic N) is 2. The molecule has 4 nitrogen and oxygen atoms in total. The van der Waals surface area contributed by atoms with Gasteiger partial charge in [0.15, 0.2) is 0 Å². The zero-order valence-corrected chi connectivity index (χ0v) is 11.3. The molecule has 0 bridgehead atoms. The molecule has 1 N–H and O–H groups in total. The van der Waals surface area contributed by atoms with Crippen molar-refractivity contribution in [1.82, 2.24) is 14.9 Å². The predicted molar refractivity (Wildman–Crippen MR) is 76.2 cm³/mol. The predicted octanol–water partition coefficient (Wildman–Crippen LogP) is 2.90. The van der Waals surface area contributed by atoms with E-state index in [4.69, 9.17) is 0 Å². The number of thiazole rings is 1. The Labute approximate surface area is 114 Å². The number of aromatic amines is 1. The van der Waals surface area contributed by atoms with Crippen LogP contribution in [0, 0.1) is 0 Å². The van der Waals surface area contributed by atoms with Crippen LogP contribution in [0.3, 0.4) is 0 Å². The average Bonchev–Trinajstić information content (AvgIpc) is 3.07. The van der Waals surface area contributed by atoms with E-state index in [9.17, 15) is 4.79 Å². The normalized spacial score (nSPS) is 10.8. The van der Waals surface area contributed by atoms with E-state index in [1.165, 1.54) is 11.3 Å². The third kappa shape index (κ3) is 2.24. The van der Waals surface area contributed by atoms with Crippen LogP contribution < -0.4 is 0 Å². The minimum Gasteiger partial charge on any atom is -0.361 e. The van der Waals surface area contributed by atoms with Gasteiger partial charge in [-0.2, -0.15) is 0 Å². The lowest BCUT2D eigenvalue weighted by molar-refractivity contribution is 0.0785. The third-order valence-corrected chi connectivity index (χ3v) is 3.69. The van der Waals surface area contributed by atoms with E-state index in [0.29, 0.717) is 6.54 Å². The molecule has 0 atom stereocenters. The summed E-state index contributed by atoms with van der Waals surface area (Å²) in [5.41, 5.74) is 4.40. The van der Waals surface area contributed by atoms with Gasteiger partial charge in [-0.15, -0.1) is 11.3 Å². The summed E-state index contributed by atoms with van der Waals surface area (Å²) in [5, 5.41) is 2.92. The zero-order valence-electron chi connectivity index (χ0n) is 10.5. The van der Waals surface area contributed by atoms with Crippen LogP contribution in [0.15, 0.2) is 41.4 Å². The summed E-state index contributed by atoms with van der Waals surface area (Å²) in [4.78, 5) is 21.5. The number of carbonyl (C=O) groups is 1. The number of hydrogen-bond donors (Lipinski definition) is 1. The van der Waals surface area contributed by atoms with Gasteiger partial charge in [0.25, 0.3) is 5.91 Å². The van der Waals surface area contributed by atoms with Crippen LogP contribution in [0.5, 0.6) is 0 Å². The molecule has 0 aliphatic heterocycles. The van der Waals surface area contributed by atoms with Crippen LogP contribution in [0.4, 0.5) is 0 Å². The molecule has 0 spiro atoms. The highest BCUT2D eigenvalue weighted by Crippen LogP contribution is 2.19. The molecule has 19 heavy (non-hydrogen) atoms. The number of hydrogen-bond acceptors (Lipinski definition) is 3. The van der Waals surface area contributed by atoms with E-state index < -0.39 is 0 Å². The lowest BCUT2D eigenvalue weighted by Gasteiger charge is -2.16. The minimum absolute atomic E-state index is 0.0122. The highest BCUT2D eigenvalue weighted by molar-refractivity contribution is 7.07. The first kappa shape index (κ1) is 11.9. The summed E-state index contributed by atoms with van der Waals surface area (Å²) in [6.07, 6.45) is 1.85. The number of rotatable bonds is 3. The van der Waals surface area contributed by atoms with Crippen molar-refractivity contribution < 1.29 is 4.79 Å². The molecule has 5 heteroatoms. The van der Waals surface area contributed by atoms with E-state index in [1.807, 2.05) is 35.8 Å². The molecule has 0 aliphatic carbocycles. The summed E-state index contributed by atoms with van der Waals surface area (Å²) in [6.45, 7) is 0.531. The van der Waals surface area contributed by atoms with Crippen LogP contribution in [-0.4, -0.2) is 27.8 Å². The second-order valence-electron chi connectivity index (χ2n) is 4.39. The molecule has 0 unspecified atom stereocenters. The lowest BCUT2D eigenvalue weighted by atomic mass is 10.1. The maximum atomic E-state index is 12.5. The number of benzene rings is 1. The van der Waals surface area contributed by atoms with Crippen LogP contribution in [0.1, 0.15) is 16.1 Å². The topological polar surface area (TPSA) is 49.0 Å². The van der Waals surface area contributed by atoms with Crippen LogP contribution in [-0.2, 0) is 6.54 Å². The Morgan fingerprint density at radius 3 is 3.11 bits per heavy atom. The molecular formula is C14H13N3OS. The van der Waals surface area contributed by atoms with E-state index in [0.717, 1.165) is 22.2 Å². The Morgan fingerprint density at radius 1 is 1.42 bits per heavy atom. The van der Waals surface area contributed by atoms with Gasteiger partial charge in [-0.05, 0) is 18.2 Å². The maximum Gasteiger partial charge on any atom is 0.254 e. The second kappa shape index (κ2) is 4.85. The highest BCUT2D eigenvalue weighted by atomic mass is 32.1. The molecule has 0 saturated carbocycles. The number of nitrogens with one attached hydrogen (secondary N) is 1. The Bertz CT molecular complexity index is 702. The Hall–Kier alpha value is -2.14. The van der Waals surface area contributed by atoms with Crippen molar-refractivity contribution in [1.29, 1.82) is 0 Å². The molecule has 2 aromatic heterocycles. The SMILES string of the molecule is CN(Cc1cscn1)C(=O)c1cccc2[nH]ccc12. The molecule has 0 aliphatic rings. The van der Waals surface area contributed by atoms with Gasteiger partial charge in [0.05, 0.1) is 17.7 Å². The summed E-state index contributed by atoms with van der Waals surface area (Å²) in [6, 6.07) is 7.64. The average molecular weight is 271 g/mol. The first-order valence-corrected chi connectivity index (χ1v) is 6.88. The molecule has 0 saturated heterocycles. The number of amides is 1. The highest BCUT2D eigenvalue weighted by Gasteiger charge is 2.15. The molecule has 1 amide bonds. The van der Waals surface area contributed by atoms with E-state index in [-0.39, 0.29) is 5.91 Å². The Balaban J connectivity index is 1.89. The van der Waals surface area contributed by atoms with Crippen molar-refractivity contribution >= 4 is 28.1 Å². The van der Waals surface area contributed by atoms with Crippen molar-refractivity contribution in [3.8, 4) is 0 Å². The second-order valence-corrected chi connectivity index (χ2v) is 5.10. The summed E-state index contributed by atoms with van der Waals surface area (Å²) >= 11 is 1.54. The smallest absolute Gasteiger partial charge is 0.254 e. The van der Waals surface area contributed by atoms with Gasteiger partial charge in [0.2, 0.25) is 0 Å². The Kier molecular flexibility index (Phi) is 3.05. The van der Waals surface area contributed by atoms with Gasteiger partial charge in [-0.25, -0.2) is 4.98 Å². The third-order valence-electron chi connectivity index (χ3n) is 3.05. The minimum atomic E-state index is 0.0122. The number of aromatic nitrogens is 2. The van der Waals surface area contributed by atoms with E-state index in [1.54, 1.807) is 17.5 Å². The molecule has 3 rings (SSSR count). The van der Waals surface area contributed by atoms with Gasteiger partial charge in [0.1, 0.15) is 0 Å². The standard InChI is InChI=1S/C14H13N3OS/c1-17(7-10-8-19-9-16-10)14(18)12-3-2-4-13-11(12)5-6-15-13/h2-6,8-9,15H,7H2,1H3. The van der Waals surface area contributed by atoms with Gasteiger partial charge < -0.3 is 9.88 Å². The van der Waals surface area contributed by atoms with Crippen molar-refractivity contribution in [2.45, 2.75) is 6.54 Å². The maximum absolute atomic E-state index is 12.5. The zero-order chi connectivity index (χ0) is 13.2. The fourth-order valence-electron chi connectivity index (χ4n) is 2.11. The molecule has 0 radical (unpaired) electrons. The molecule has 2 heterocycles. The Morgan fingerprint density at radius 2 is 2.32 bits per heavy atom. The molecule has 1 aromatic carbocycles. The molecular weight excluding hydrogens is 258 g/mol. The largest absolute Gasteiger partial charge is 0.361 e. The van der Waals surface area contributed by atoms with Crippen molar-refractivity contribution in [2.24, 2.45) is 0 Å². The molecule has 0 fully saturated rings. The van der Waals surface area contributed by atoms with E-state index in [2.05, 4.69) is 9.97 Å². The van der Waals surface area contributed by atoms with E-state index >= 15 is 0 Å². The summed E-state index contributed by atoms with van der Waals surface area (Å²) in [7, 11) is 1.80. The molecule has 3 aromatic rings. The van der Waals surface area contributed by atoms with Crippen molar-refractivity contribution in [3.63, 3.8) is 0 Å². The first-order valence-electron chi connectivity index (χ1n) is 5.94. The quantitative estimate of drug-likeness (QED) is 0.796. The van der Waals surface area contributed by atoms with Gasteiger partial charge >= 0.3 is 0 Å². The summed E-state index contributed by atoms with van der Waals surface area (Å²) < 4.78 is 0. The number of H-pyrrole nitrogens is 1. The van der Waals surface area contributed by atoms with Crippen molar-refractivity contribution in [2.75, 3.05) is 7.05 Å². The van der Waals surface area contributed by atoms with Gasteiger partial charge in [-0.3, -0.25) is 4.79 Å². The lowest BCUT2D eigenvalue weighted by Crippen LogP contribution is -2.26. The number of fused-ring (bicyclic) bond motifs is 1.